The molecule has 0 atom stereocenters. The standard InChI is InChI=1S/C16H12FN3O/c1-20-15(12-2-4-13(17)5-3-12)10-14(19-16(20)21)11-6-8-18-9-7-11/h2-10H,1H3. The Morgan fingerprint density at radius 3 is 2.33 bits per heavy atom. The van der Waals surface area contributed by atoms with Gasteiger partial charge in [0, 0.05) is 25.0 Å². The highest BCUT2D eigenvalue weighted by atomic mass is 19.1. The second-order valence-electron chi connectivity index (χ2n) is 4.61. The van der Waals surface area contributed by atoms with Crippen LogP contribution >= 0.6 is 0 Å². The van der Waals surface area contributed by atoms with Gasteiger partial charge in [0.25, 0.3) is 0 Å². The Kier molecular flexibility index (Phi) is 3.31. The minimum absolute atomic E-state index is 0.313. The average molecular weight is 281 g/mol. The van der Waals surface area contributed by atoms with Crippen LogP contribution in [0.3, 0.4) is 0 Å². The number of benzene rings is 1. The fraction of sp³-hybridized carbons (Fsp3) is 0.0625. The maximum atomic E-state index is 13.0. The molecule has 0 radical (unpaired) electrons. The Morgan fingerprint density at radius 2 is 1.67 bits per heavy atom. The van der Waals surface area contributed by atoms with Crippen LogP contribution in [-0.4, -0.2) is 14.5 Å². The minimum Gasteiger partial charge on any atom is -0.295 e. The highest BCUT2D eigenvalue weighted by Gasteiger charge is 2.09. The first-order chi connectivity index (χ1) is 10.1. The van der Waals surface area contributed by atoms with Crippen LogP contribution in [0.1, 0.15) is 0 Å². The van der Waals surface area contributed by atoms with Gasteiger partial charge in [0.2, 0.25) is 0 Å². The van der Waals surface area contributed by atoms with Crippen LogP contribution in [0.5, 0.6) is 0 Å². The van der Waals surface area contributed by atoms with Crippen molar-refractivity contribution in [2.75, 3.05) is 0 Å². The lowest BCUT2D eigenvalue weighted by Crippen LogP contribution is -2.22. The van der Waals surface area contributed by atoms with E-state index in [0.717, 1.165) is 11.1 Å². The maximum absolute atomic E-state index is 13.0. The van der Waals surface area contributed by atoms with Crippen molar-refractivity contribution in [2.45, 2.75) is 0 Å². The summed E-state index contributed by atoms with van der Waals surface area (Å²) in [6, 6.07) is 11.4. The van der Waals surface area contributed by atoms with Gasteiger partial charge in [-0.15, -0.1) is 0 Å². The van der Waals surface area contributed by atoms with Crippen molar-refractivity contribution in [2.24, 2.45) is 7.05 Å². The third-order valence-corrected chi connectivity index (χ3v) is 3.25. The van der Waals surface area contributed by atoms with E-state index < -0.39 is 0 Å². The van der Waals surface area contributed by atoms with E-state index in [0.29, 0.717) is 11.4 Å². The topological polar surface area (TPSA) is 47.8 Å². The Bertz CT molecular complexity index is 826. The molecule has 2 aromatic heterocycles. The molecule has 1 aromatic carbocycles. The Hall–Kier alpha value is -2.82. The Morgan fingerprint density at radius 1 is 1.00 bits per heavy atom. The molecule has 0 unspecified atom stereocenters. The van der Waals surface area contributed by atoms with E-state index in [4.69, 9.17) is 0 Å². The zero-order valence-corrected chi connectivity index (χ0v) is 11.3. The molecule has 0 aliphatic rings. The molecule has 0 amide bonds. The predicted molar refractivity (Wildman–Crippen MR) is 78.1 cm³/mol. The zero-order chi connectivity index (χ0) is 14.8. The molecule has 0 spiro atoms. The van der Waals surface area contributed by atoms with Crippen molar-refractivity contribution in [1.29, 1.82) is 0 Å². The summed E-state index contributed by atoms with van der Waals surface area (Å²) in [6.45, 7) is 0. The summed E-state index contributed by atoms with van der Waals surface area (Å²) >= 11 is 0. The van der Waals surface area contributed by atoms with Crippen molar-refractivity contribution in [3.8, 4) is 22.5 Å². The van der Waals surface area contributed by atoms with E-state index in [-0.39, 0.29) is 11.5 Å². The molecular weight excluding hydrogens is 269 g/mol. The molecule has 0 fully saturated rings. The first-order valence-corrected chi connectivity index (χ1v) is 6.39. The van der Waals surface area contributed by atoms with Crippen LogP contribution < -0.4 is 5.69 Å². The molecule has 4 nitrogen and oxygen atoms in total. The van der Waals surface area contributed by atoms with Crippen molar-refractivity contribution < 1.29 is 4.39 Å². The van der Waals surface area contributed by atoms with E-state index in [2.05, 4.69) is 9.97 Å². The first kappa shape index (κ1) is 13.2. The number of nitrogens with zero attached hydrogens (tertiary/aromatic N) is 3. The monoisotopic (exact) mass is 281 g/mol. The van der Waals surface area contributed by atoms with Crippen LogP contribution in [0.4, 0.5) is 4.39 Å². The fourth-order valence-electron chi connectivity index (χ4n) is 2.11. The fourth-order valence-corrected chi connectivity index (χ4v) is 2.11. The molecule has 0 aliphatic carbocycles. The van der Waals surface area contributed by atoms with Crippen LogP contribution in [-0.2, 0) is 7.05 Å². The maximum Gasteiger partial charge on any atom is 0.348 e. The second kappa shape index (κ2) is 5.28. The molecular formula is C16H12FN3O. The van der Waals surface area contributed by atoms with Gasteiger partial charge >= 0.3 is 5.69 Å². The molecule has 0 aliphatic heterocycles. The number of pyridine rings is 1. The summed E-state index contributed by atoms with van der Waals surface area (Å²) in [7, 11) is 1.64. The van der Waals surface area contributed by atoms with Gasteiger partial charge in [0.05, 0.1) is 11.4 Å². The molecule has 3 rings (SSSR count). The van der Waals surface area contributed by atoms with Crippen molar-refractivity contribution >= 4 is 0 Å². The second-order valence-corrected chi connectivity index (χ2v) is 4.61. The van der Waals surface area contributed by atoms with Crippen LogP contribution in [0.25, 0.3) is 22.5 Å². The molecule has 0 bridgehead atoms. The highest BCUT2D eigenvalue weighted by Crippen LogP contribution is 2.22. The largest absolute Gasteiger partial charge is 0.348 e. The van der Waals surface area contributed by atoms with E-state index in [1.807, 2.05) is 6.07 Å². The summed E-state index contributed by atoms with van der Waals surface area (Å²) in [6.07, 6.45) is 3.29. The van der Waals surface area contributed by atoms with Crippen molar-refractivity contribution in [3.05, 3.63) is 71.2 Å². The SMILES string of the molecule is Cn1c(-c2ccc(F)cc2)cc(-c2ccncc2)nc1=O. The third kappa shape index (κ3) is 2.58. The Balaban J connectivity index is 2.19. The molecule has 104 valence electrons. The molecule has 3 aromatic rings. The average Bonchev–Trinajstić information content (AvgIpc) is 2.52. The van der Waals surface area contributed by atoms with Gasteiger partial charge in [0.15, 0.2) is 0 Å². The summed E-state index contributed by atoms with van der Waals surface area (Å²) in [5, 5.41) is 0. The van der Waals surface area contributed by atoms with E-state index >= 15 is 0 Å². The molecule has 21 heavy (non-hydrogen) atoms. The summed E-state index contributed by atoms with van der Waals surface area (Å²) in [5.74, 6) is -0.313. The van der Waals surface area contributed by atoms with E-state index in [1.165, 1.54) is 16.7 Å². The third-order valence-electron chi connectivity index (χ3n) is 3.25. The predicted octanol–water partition coefficient (Wildman–Crippen LogP) is 2.65. The van der Waals surface area contributed by atoms with Crippen molar-refractivity contribution in [3.63, 3.8) is 0 Å². The quantitative estimate of drug-likeness (QED) is 0.725. The van der Waals surface area contributed by atoms with Gasteiger partial charge in [-0.3, -0.25) is 9.55 Å². The first-order valence-electron chi connectivity index (χ1n) is 6.39. The number of hydrogen-bond donors (Lipinski definition) is 0. The van der Waals surface area contributed by atoms with E-state index in [1.54, 1.807) is 43.7 Å². The number of hydrogen-bond acceptors (Lipinski definition) is 3. The molecule has 0 N–H and O–H groups in total. The van der Waals surface area contributed by atoms with Gasteiger partial charge < -0.3 is 0 Å². The Labute approximate surface area is 120 Å². The van der Waals surface area contributed by atoms with Crippen LogP contribution in [0.15, 0.2) is 59.7 Å². The molecule has 0 saturated heterocycles. The van der Waals surface area contributed by atoms with Crippen LogP contribution in [0, 0.1) is 5.82 Å². The lowest BCUT2D eigenvalue weighted by atomic mass is 10.1. The zero-order valence-electron chi connectivity index (χ0n) is 11.3. The molecule has 2 heterocycles. The van der Waals surface area contributed by atoms with Gasteiger partial charge in [-0.05, 0) is 48.0 Å². The lowest BCUT2D eigenvalue weighted by molar-refractivity contribution is 0.628. The number of halogens is 1. The molecule has 0 saturated carbocycles. The molecule has 5 heteroatoms. The lowest BCUT2D eigenvalue weighted by Gasteiger charge is -2.10. The summed E-state index contributed by atoms with van der Waals surface area (Å²) in [4.78, 5) is 20.0. The summed E-state index contributed by atoms with van der Waals surface area (Å²) < 4.78 is 14.5. The number of rotatable bonds is 2. The normalized spacial score (nSPS) is 10.6. The smallest absolute Gasteiger partial charge is 0.295 e. The highest BCUT2D eigenvalue weighted by molar-refractivity contribution is 5.67. The van der Waals surface area contributed by atoms with Gasteiger partial charge in [0.1, 0.15) is 5.82 Å². The summed E-state index contributed by atoms with van der Waals surface area (Å²) in [5.41, 5.74) is 2.46. The minimum atomic E-state index is -0.358. The van der Waals surface area contributed by atoms with Gasteiger partial charge in [-0.1, -0.05) is 0 Å². The van der Waals surface area contributed by atoms with Crippen molar-refractivity contribution in [1.82, 2.24) is 14.5 Å². The number of aromatic nitrogens is 3. The van der Waals surface area contributed by atoms with Gasteiger partial charge in [-0.25, -0.2) is 9.18 Å². The van der Waals surface area contributed by atoms with Gasteiger partial charge in [-0.2, -0.15) is 4.98 Å². The van der Waals surface area contributed by atoms with Crippen LogP contribution in [0.2, 0.25) is 0 Å². The van der Waals surface area contributed by atoms with E-state index in [9.17, 15) is 9.18 Å².